The number of aromatic nitrogens is 2. The van der Waals surface area contributed by atoms with Crippen molar-refractivity contribution >= 4 is 22.7 Å². The van der Waals surface area contributed by atoms with Gasteiger partial charge in [-0.2, -0.15) is 0 Å². The van der Waals surface area contributed by atoms with Crippen molar-refractivity contribution in [1.82, 2.24) is 14.5 Å². The molecule has 1 aromatic heterocycles. The number of rotatable bonds is 8. The van der Waals surface area contributed by atoms with Gasteiger partial charge in [-0.15, -0.1) is 0 Å². The minimum Gasteiger partial charge on any atom is -0.497 e. The molecule has 152 valence electrons. The largest absolute Gasteiger partial charge is 0.497 e. The van der Waals surface area contributed by atoms with Crippen LogP contribution in [0.15, 0.2) is 18.2 Å². The van der Waals surface area contributed by atoms with Crippen LogP contribution in [0, 0.1) is 11.3 Å². The van der Waals surface area contributed by atoms with E-state index in [-0.39, 0.29) is 18.2 Å². The smallest absolute Gasteiger partial charge is 0.242 e. The first-order chi connectivity index (χ1) is 13.2. The number of benzene rings is 1. The average molecular weight is 386 g/mol. The predicted octanol–water partition coefficient (Wildman–Crippen LogP) is 3.92. The number of Topliss-reactive ketones (excluding diaryl/α,β-unsaturated/α-hetero) is 1. The van der Waals surface area contributed by atoms with Crippen molar-refractivity contribution in [3.8, 4) is 5.75 Å². The van der Waals surface area contributed by atoms with Crippen LogP contribution in [0.2, 0.25) is 0 Å². The van der Waals surface area contributed by atoms with E-state index in [1.54, 1.807) is 11.7 Å². The monoisotopic (exact) mass is 385 g/mol. The third-order valence-corrected chi connectivity index (χ3v) is 5.15. The lowest BCUT2D eigenvalue weighted by molar-refractivity contribution is -0.132. The minimum absolute atomic E-state index is 0.0480. The Morgan fingerprint density at radius 1 is 1.29 bits per heavy atom. The Bertz CT molecular complexity index is 875. The fourth-order valence-corrected chi connectivity index (χ4v) is 3.34. The number of methoxy groups -OCH3 is 1. The second kappa shape index (κ2) is 7.94. The van der Waals surface area contributed by atoms with E-state index in [9.17, 15) is 9.59 Å². The normalized spacial score (nSPS) is 14.3. The average Bonchev–Trinajstić information content (AvgIpc) is 3.40. The lowest BCUT2D eigenvalue weighted by Crippen LogP contribution is -2.37. The molecular formula is C22H31N3O3. The summed E-state index contributed by atoms with van der Waals surface area (Å²) >= 11 is 0. The number of ketones is 1. The minimum atomic E-state index is -0.580. The van der Waals surface area contributed by atoms with Crippen LogP contribution >= 0.6 is 0 Å². The van der Waals surface area contributed by atoms with Crippen molar-refractivity contribution in [2.75, 3.05) is 20.2 Å². The Kier molecular flexibility index (Phi) is 5.77. The van der Waals surface area contributed by atoms with E-state index in [0.717, 1.165) is 25.0 Å². The fourth-order valence-electron chi connectivity index (χ4n) is 3.34. The van der Waals surface area contributed by atoms with Gasteiger partial charge < -0.3 is 14.2 Å². The van der Waals surface area contributed by atoms with Crippen LogP contribution in [0.25, 0.3) is 11.0 Å². The molecule has 2 aromatic rings. The molecule has 6 heteroatoms. The van der Waals surface area contributed by atoms with Gasteiger partial charge in [0.1, 0.15) is 12.3 Å². The molecule has 0 unspecified atom stereocenters. The number of fused-ring (bicyclic) bond motifs is 1. The summed E-state index contributed by atoms with van der Waals surface area (Å²) in [5.41, 5.74) is 0.872. The molecule has 0 radical (unpaired) electrons. The number of hydrogen-bond donors (Lipinski definition) is 0. The molecule has 1 amide bonds. The summed E-state index contributed by atoms with van der Waals surface area (Å²) in [4.78, 5) is 32.7. The lowest BCUT2D eigenvalue weighted by Gasteiger charge is -2.23. The van der Waals surface area contributed by atoms with Gasteiger partial charge in [-0.3, -0.25) is 9.59 Å². The summed E-state index contributed by atoms with van der Waals surface area (Å²) in [5.74, 6) is 1.63. The Balaban J connectivity index is 1.99. The molecule has 0 spiro atoms. The van der Waals surface area contributed by atoms with Crippen molar-refractivity contribution in [2.24, 2.45) is 11.3 Å². The SMILES string of the molecule is CCCN(CC1CC1)C(=O)Cn1c(C(=O)C(C)(C)C)nc2cc(OC)ccc21. The van der Waals surface area contributed by atoms with E-state index in [1.165, 1.54) is 12.8 Å². The second-order valence-corrected chi connectivity index (χ2v) is 8.74. The zero-order valence-electron chi connectivity index (χ0n) is 17.6. The Hall–Kier alpha value is -2.37. The highest BCUT2D eigenvalue weighted by molar-refractivity contribution is 6.00. The van der Waals surface area contributed by atoms with Crippen LogP contribution in [0.4, 0.5) is 0 Å². The number of carbonyl (C=O) groups is 2. The quantitative estimate of drug-likeness (QED) is 0.646. The van der Waals surface area contributed by atoms with Gasteiger partial charge in [-0.25, -0.2) is 4.98 Å². The molecule has 1 fully saturated rings. The summed E-state index contributed by atoms with van der Waals surface area (Å²) in [6.45, 7) is 9.40. The van der Waals surface area contributed by atoms with Crippen molar-refractivity contribution in [3.63, 3.8) is 0 Å². The standard InChI is InChI=1S/C22H31N3O3/c1-6-11-24(13-15-7-8-15)19(26)14-25-18-10-9-16(28-5)12-17(18)23-21(25)20(27)22(2,3)4/h9-10,12,15H,6-8,11,13-14H2,1-5H3. The first kappa shape index (κ1) is 20.4. The molecule has 0 atom stereocenters. The molecule has 0 saturated heterocycles. The number of imidazole rings is 1. The second-order valence-electron chi connectivity index (χ2n) is 8.74. The Morgan fingerprint density at radius 3 is 2.57 bits per heavy atom. The van der Waals surface area contributed by atoms with Gasteiger partial charge in [0.25, 0.3) is 0 Å². The molecular weight excluding hydrogens is 354 g/mol. The first-order valence-electron chi connectivity index (χ1n) is 10.1. The van der Waals surface area contributed by atoms with E-state index in [2.05, 4.69) is 11.9 Å². The summed E-state index contributed by atoms with van der Waals surface area (Å²) in [6, 6.07) is 5.52. The van der Waals surface area contributed by atoms with Gasteiger partial charge in [-0.05, 0) is 37.3 Å². The van der Waals surface area contributed by atoms with Gasteiger partial charge in [0.05, 0.1) is 18.1 Å². The third-order valence-electron chi connectivity index (χ3n) is 5.15. The molecule has 1 aliphatic rings. The number of ether oxygens (including phenoxy) is 1. The van der Waals surface area contributed by atoms with E-state index in [1.807, 2.05) is 43.9 Å². The van der Waals surface area contributed by atoms with Crippen LogP contribution in [-0.4, -0.2) is 46.3 Å². The zero-order valence-corrected chi connectivity index (χ0v) is 17.6. The Labute approximate surface area is 166 Å². The zero-order chi connectivity index (χ0) is 20.5. The third kappa shape index (κ3) is 4.37. The molecule has 0 N–H and O–H groups in total. The highest BCUT2D eigenvalue weighted by Gasteiger charge is 2.31. The maximum absolute atomic E-state index is 13.1. The van der Waals surface area contributed by atoms with Crippen LogP contribution < -0.4 is 4.74 Å². The number of nitrogens with zero attached hydrogens (tertiary/aromatic N) is 3. The molecule has 1 aromatic carbocycles. The van der Waals surface area contributed by atoms with Gasteiger partial charge in [0.2, 0.25) is 11.7 Å². The summed E-state index contributed by atoms with van der Waals surface area (Å²) in [5, 5.41) is 0. The van der Waals surface area contributed by atoms with Crippen LogP contribution in [-0.2, 0) is 11.3 Å². The van der Waals surface area contributed by atoms with Crippen molar-refractivity contribution in [3.05, 3.63) is 24.0 Å². The van der Waals surface area contributed by atoms with Crippen LogP contribution in [0.1, 0.15) is 57.6 Å². The molecule has 0 bridgehead atoms. The molecule has 1 saturated carbocycles. The molecule has 0 aliphatic heterocycles. The first-order valence-corrected chi connectivity index (χ1v) is 10.1. The van der Waals surface area contributed by atoms with E-state index in [4.69, 9.17) is 4.74 Å². The summed E-state index contributed by atoms with van der Waals surface area (Å²) in [6.07, 6.45) is 3.33. The van der Waals surface area contributed by atoms with Crippen LogP contribution in [0.3, 0.4) is 0 Å². The van der Waals surface area contributed by atoms with E-state index in [0.29, 0.717) is 23.0 Å². The van der Waals surface area contributed by atoms with Crippen molar-refractivity contribution < 1.29 is 14.3 Å². The van der Waals surface area contributed by atoms with Gasteiger partial charge >= 0.3 is 0 Å². The lowest BCUT2D eigenvalue weighted by atomic mass is 9.90. The maximum atomic E-state index is 13.1. The van der Waals surface area contributed by atoms with Gasteiger partial charge in [0.15, 0.2) is 5.82 Å². The number of carbonyl (C=O) groups excluding carboxylic acids is 2. The summed E-state index contributed by atoms with van der Waals surface area (Å²) < 4.78 is 7.07. The molecule has 1 aliphatic carbocycles. The van der Waals surface area contributed by atoms with E-state index < -0.39 is 5.41 Å². The number of hydrogen-bond acceptors (Lipinski definition) is 4. The summed E-state index contributed by atoms with van der Waals surface area (Å²) in [7, 11) is 1.60. The molecule has 3 rings (SSSR count). The Morgan fingerprint density at radius 2 is 2.00 bits per heavy atom. The maximum Gasteiger partial charge on any atom is 0.242 e. The molecule has 6 nitrogen and oxygen atoms in total. The molecule has 1 heterocycles. The van der Waals surface area contributed by atoms with Gasteiger partial charge in [0, 0.05) is 24.6 Å². The highest BCUT2D eigenvalue weighted by Crippen LogP contribution is 2.30. The fraction of sp³-hybridized carbons (Fsp3) is 0.591. The van der Waals surface area contributed by atoms with E-state index >= 15 is 0 Å². The topological polar surface area (TPSA) is 64.4 Å². The highest BCUT2D eigenvalue weighted by atomic mass is 16.5. The van der Waals surface area contributed by atoms with Gasteiger partial charge in [-0.1, -0.05) is 27.7 Å². The van der Waals surface area contributed by atoms with Crippen molar-refractivity contribution in [2.45, 2.75) is 53.5 Å². The van der Waals surface area contributed by atoms with Crippen LogP contribution in [0.5, 0.6) is 5.75 Å². The van der Waals surface area contributed by atoms with Crippen molar-refractivity contribution in [1.29, 1.82) is 0 Å². The number of amides is 1. The molecule has 28 heavy (non-hydrogen) atoms. The predicted molar refractivity (Wildman–Crippen MR) is 110 cm³/mol.